The number of unbranched alkanes of at least 4 members (excludes halogenated alkanes) is 5. The van der Waals surface area contributed by atoms with Gasteiger partial charge in [0, 0.05) is 10.1 Å². The van der Waals surface area contributed by atoms with Crippen LogP contribution in [0.25, 0.3) is 20.2 Å². The molecule has 0 aliphatic heterocycles. The molecule has 0 aliphatic rings. The zero-order valence-electron chi connectivity index (χ0n) is 14.5. The Morgan fingerprint density at radius 2 is 1.76 bits per heavy atom. The van der Waals surface area contributed by atoms with Gasteiger partial charge >= 0.3 is 0 Å². The molecule has 0 spiro atoms. The Kier molecular flexibility index (Phi) is 6.33. The molecule has 0 fully saturated rings. The molecule has 0 N–H and O–H groups in total. The molecule has 25 heavy (non-hydrogen) atoms. The van der Waals surface area contributed by atoms with Gasteiger partial charge in [0.15, 0.2) is 5.43 Å². The van der Waals surface area contributed by atoms with E-state index in [4.69, 9.17) is 16.3 Å². The third-order valence-corrected chi connectivity index (χ3v) is 5.90. The molecule has 3 rings (SSSR count). The third kappa shape index (κ3) is 4.16. The fourth-order valence-corrected chi connectivity index (χ4v) is 4.49. The molecule has 0 saturated carbocycles. The van der Waals surface area contributed by atoms with Crippen molar-refractivity contribution in [3.05, 3.63) is 51.6 Å². The number of halogens is 1. The highest BCUT2D eigenvalue weighted by molar-refractivity contribution is 7.25. The SMILES string of the molecule is CCCCCCCCOc1ccc(Cl)c2c(=O)c3ccccc3sc12. The molecule has 4 heteroatoms. The summed E-state index contributed by atoms with van der Waals surface area (Å²) in [7, 11) is 0. The number of fused-ring (bicyclic) bond motifs is 2. The highest BCUT2D eigenvalue weighted by atomic mass is 35.5. The lowest BCUT2D eigenvalue weighted by molar-refractivity contribution is 0.308. The largest absolute Gasteiger partial charge is 0.492 e. The molecule has 2 aromatic carbocycles. The van der Waals surface area contributed by atoms with Crippen LogP contribution in [0.5, 0.6) is 5.75 Å². The zero-order valence-corrected chi connectivity index (χ0v) is 16.1. The van der Waals surface area contributed by atoms with Crippen molar-refractivity contribution in [2.45, 2.75) is 45.4 Å². The summed E-state index contributed by atoms with van der Waals surface area (Å²) < 4.78 is 7.81. The van der Waals surface area contributed by atoms with Gasteiger partial charge in [-0.3, -0.25) is 4.79 Å². The van der Waals surface area contributed by atoms with Crippen LogP contribution in [0.4, 0.5) is 0 Å². The van der Waals surface area contributed by atoms with Crippen LogP contribution < -0.4 is 10.2 Å². The van der Waals surface area contributed by atoms with Gasteiger partial charge in [0.05, 0.1) is 21.7 Å². The Hall–Kier alpha value is -1.58. The Balaban J connectivity index is 1.82. The van der Waals surface area contributed by atoms with Crippen molar-refractivity contribution >= 4 is 43.1 Å². The second-order valence-corrected chi connectivity index (χ2v) is 7.75. The van der Waals surface area contributed by atoms with Gasteiger partial charge in [0.2, 0.25) is 0 Å². The van der Waals surface area contributed by atoms with Crippen molar-refractivity contribution in [1.82, 2.24) is 0 Å². The zero-order chi connectivity index (χ0) is 17.6. The van der Waals surface area contributed by atoms with Gasteiger partial charge in [-0.05, 0) is 30.7 Å². The van der Waals surface area contributed by atoms with E-state index in [1.54, 1.807) is 17.4 Å². The molecule has 1 aromatic heterocycles. The lowest BCUT2D eigenvalue weighted by Gasteiger charge is -2.10. The maximum absolute atomic E-state index is 12.8. The smallest absolute Gasteiger partial charge is 0.197 e. The van der Waals surface area contributed by atoms with Gasteiger partial charge in [-0.15, -0.1) is 11.3 Å². The quantitative estimate of drug-likeness (QED) is 0.320. The van der Waals surface area contributed by atoms with E-state index in [0.29, 0.717) is 17.0 Å². The van der Waals surface area contributed by atoms with Crippen LogP contribution in [0.1, 0.15) is 45.4 Å². The lowest BCUT2D eigenvalue weighted by Crippen LogP contribution is -2.04. The maximum Gasteiger partial charge on any atom is 0.197 e. The van der Waals surface area contributed by atoms with Gasteiger partial charge in [-0.2, -0.15) is 0 Å². The minimum Gasteiger partial charge on any atom is -0.492 e. The van der Waals surface area contributed by atoms with Crippen LogP contribution in [0.3, 0.4) is 0 Å². The molecule has 0 amide bonds. The number of hydrogen-bond acceptors (Lipinski definition) is 3. The number of benzene rings is 2. The molecule has 0 saturated heterocycles. The van der Waals surface area contributed by atoms with E-state index >= 15 is 0 Å². The monoisotopic (exact) mass is 374 g/mol. The predicted molar refractivity (Wildman–Crippen MR) is 109 cm³/mol. The molecular weight excluding hydrogens is 352 g/mol. The molecule has 0 radical (unpaired) electrons. The van der Waals surface area contributed by atoms with Crippen molar-refractivity contribution in [1.29, 1.82) is 0 Å². The van der Waals surface area contributed by atoms with E-state index in [2.05, 4.69) is 6.92 Å². The molecule has 3 aromatic rings. The summed E-state index contributed by atoms with van der Waals surface area (Å²) >= 11 is 7.89. The minimum atomic E-state index is -0.0145. The van der Waals surface area contributed by atoms with Crippen LogP contribution in [0, 0.1) is 0 Å². The Morgan fingerprint density at radius 1 is 1.00 bits per heavy atom. The highest BCUT2D eigenvalue weighted by Gasteiger charge is 2.13. The first-order valence-corrected chi connectivity index (χ1v) is 10.2. The summed E-state index contributed by atoms with van der Waals surface area (Å²) in [6.45, 7) is 2.90. The average Bonchev–Trinajstić information content (AvgIpc) is 2.63. The highest BCUT2D eigenvalue weighted by Crippen LogP contribution is 2.35. The van der Waals surface area contributed by atoms with Gasteiger partial charge in [-0.25, -0.2) is 0 Å². The van der Waals surface area contributed by atoms with E-state index < -0.39 is 0 Å². The van der Waals surface area contributed by atoms with Gasteiger partial charge < -0.3 is 4.74 Å². The van der Waals surface area contributed by atoms with Gasteiger partial charge in [0.1, 0.15) is 5.75 Å². The standard InChI is InChI=1S/C21H23ClO2S/c1-2-3-4-5-6-9-14-24-17-13-12-16(22)19-20(23)15-10-7-8-11-18(15)25-21(17)19/h7-8,10-13H,2-6,9,14H2,1H3. The second-order valence-electron chi connectivity index (χ2n) is 6.29. The maximum atomic E-state index is 12.8. The van der Waals surface area contributed by atoms with E-state index in [9.17, 15) is 4.79 Å². The van der Waals surface area contributed by atoms with Crippen molar-refractivity contribution in [2.24, 2.45) is 0 Å². The van der Waals surface area contributed by atoms with E-state index in [1.807, 2.05) is 30.3 Å². The van der Waals surface area contributed by atoms with Crippen LogP contribution in [-0.4, -0.2) is 6.61 Å². The second kappa shape index (κ2) is 8.68. The van der Waals surface area contributed by atoms with Crippen LogP contribution >= 0.6 is 22.9 Å². The van der Waals surface area contributed by atoms with Crippen LogP contribution in [-0.2, 0) is 0 Å². The molecule has 132 valence electrons. The van der Waals surface area contributed by atoms with E-state index in [1.165, 1.54) is 32.1 Å². The van der Waals surface area contributed by atoms with Crippen molar-refractivity contribution in [3.8, 4) is 5.75 Å². The molecule has 0 bridgehead atoms. The fourth-order valence-electron chi connectivity index (χ4n) is 3.02. The average molecular weight is 375 g/mol. The molecule has 0 atom stereocenters. The van der Waals surface area contributed by atoms with Crippen molar-refractivity contribution in [2.75, 3.05) is 6.61 Å². The topological polar surface area (TPSA) is 26.3 Å². The van der Waals surface area contributed by atoms with E-state index in [-0.39, 0.29) is 5.43 Å². The molecule has 0 aliphatic carbocycles. The Labute approximate surface area is 157 Å². The molecular formula is C21H23ClO2S. The van der Waals surface area contributed by atoms with Crippen LogP contribution in [0.2, 0.25) is 5.02 Å². The first kappa shape index (κ1) is 18.2. The summed E-state index contributed by atoms with van der Waals surface area (Å²) in [5.74, 6) is 0.765. The molecule has 2 nitrogen and oxygen atoms in total. The molecule has 0 unspecified atom stereocenters. The summed E-state index contributed by atoms with van der Waals surface area (Å²) in [5.41, 5.74) is -0.0145. The number of ether oxygens (including phenoxy) is 1. The van der Waals surface area contributed by atoms with Crippen LogP contribution in [0.15, 0.2) is 41.2 Å². The summed E-state index contributed by atoms with van der Waals surface area (Å²) in [6.07, 6.45) is 7.36. The first-order valence-electron chi connectivity index (χ1n) is 8.99. The normalized spacial score (nSPS) is 11.3. The third-order valence-electron chi connectivity index (χ3n) is 4.40. The van der Waals surface area contributed by atoms with E-state index in [0.717, 1.165) is 27.0 Å². The fraction of sp³-hybridized carbons (Fsp3) is 0.381. The Morgan fingerprint density at radius 3 is 2.60 bits per heavy atom. The minimum absolute atomic E-state index is 0.0145. The Bertz CT molecular complexity index is 917. The number of hydrogen-bond donors (Lipinski definition) is 0. The van der Waals surface area contributed by atoms with Gasteiger partial charge in [0.25, 0.3) is 0 Å². The summed E-state index contributed by atoms with van der Waals surface area (Å²) in [5, 5.41) is 1.79. The number of rotatable bonds is 8. The summed E-state index contributed by atoms with van der Waals surface area (Å²) in [6, 6.07) is 11.3. The predicted octanol–water partition coefficient (Wildman–Crippen LogP) is 6.81. The first-order chi connectivity index (χ1) is 12.2. The molecule has 1 heterocycles. The van der Waals surface area contributed by atoms with Gasteiger partial charge in [-0.1, -0.05) is 62.8 Å². The lowest BCUT2D eigenvalue weighted by atomic mass is 10.1. The van der Waals surface area contributed by atoms with Crippen molar-refractivity contribution in [3.63, 3.8) is 0 Å². The summed E-state index contributed by atoms with van der Waals surface area (Å²) in [4.78, 5) is 12.8. The van der Waals surface area contributed by atoms with Crippen molar-refractivity contribution < 1.29 is 4.74 Å².